The first-order valence-electron chi connectivity index (χ1n) is 6.37. The molecular formula is C11H19N3O6S. The Morgan fingerprint density at radius 3 is 2.48 bits per heavy atom. The van der Waals surface area contributed by atoms with E-state index < -0.39 is 39.8 Å². The third kappa shape index (κ3) is 5.21. The minimum absolute atomic E-state index is 0.0132. The van der Waals surface area contributed by atoms with E-state index in [4.69, 9.17) is 10.8 Å². The number of carbonyl (C=O) groups is 3. The van der Waals surface area contributed by atoms with Gasteiger partial charge in [0.1, 0.15) is 6.04 Å². The molecule has 1 rings (SSSR count). The summed E-state index contributed by atoms with van der Waals surface area (Å²) in [4.78, 5) is 34.8. The lowest BCUT2D eigenvalue weighted by Crippen LogP contribution is -2.50. The molecule has 0 aromatic rings. The fourth-order valence-electron chi connectivity index (χ4n) is 2.04. The zero-order valence-electron chi connectivity index (χ0n) is 11.6. The number of urea groups is 1. The van der Waals surface area contributed by atoms with Crippen molar-refractivity contribution in [2.75, 3.05) is 18.6 Å². The highest BCUT2D eigenvalue weighted by Crippen LogP contribution is 2.16. The van der Waals surface area contributed by atoms with E-state index in [9.17, 15) is 22.8 Å². The number of hydrogen-bond acceptors (Lipinski definition) is 5. The van der Waals surface area contributed by atoms with Gasteiger partial charge in [-0.25, -0.2) is 18.0 Å². The van der Waals surface area contributed by atoms with Crippen molar-refractivity contribution in [2.45, 2.75) is 31.3 Å². The molecule has 9 nitrogen and oxygen atoms in total. The van der Waals surface area contributed by atoms with Gasteiger partial charge in [0.25, 0.3) is 0 Å². The Balaban J connectivity index is 2.60. The summed E-state index contributed by atoms with van der Waals surface area (Å²) >= 11 is 0. The minimum atomic E-state index is -3.14. The first-order valence-corrected chi connectivity index (χ1v) is 8.19. The van der Waals surface area contributed by atoms with Crippen LogP contribution in [-0.4, -0.2) is 67.0 Å². The summed E-state index contributed by atoms with van der Waals surface area (Å²) in [5.74, 6) is -2.06. The molecule has 0 aliphatic carbocycles. The van der Waals surface area contributed by atoms with Crippen LogP contribution in [0.5, 0.6) is 0 Å². The molecule has 120 valence electrons. The van der Waals surface area contributed by atoms with Gasteiger partial charge in [0.05, 0.1) is 11.5 Å². The summed E-state index contributed by atoms with van der Waals surface area (Å²) in [5, 5.41) is 11.2. The van der Waals surface area contributed by atoms with E-state index in [0.717, 1.165) is 0 Å². The lowest BCUT2D eigenvalue weighted by Gasteiger charge is -2.25. The van der Waals surface area contributed by atoms with Crippen LogP contribution in [0.25, 0.3) is 0 Å². The molecule has 0 radical (unpaired) electrons. The summed E-state index contributed by atoms with van der Waals surface area (Å²) in [6.07, 6.45) is 0.0389. The summed E-state index contributed by atoms with van der Waals surface area (Å²) in [6, 6.07) is -2.40. The molecule has 10 heteroatoms. The molecule has 0 aromatic heterocycles. The van der Waals surface area contributed by atoms with Crippen LogP contribution < -0.4 is 11.1 Å². The number of aliphatic carboxylic acids is 1. The zero-order chi connectivity index (χ0) is 16.2. The lowest BCUT2D eigenvalue weighted by atomic mass is 10.1. The molecule has 1 unspecified atom stereocenters. The number of nitrogens with zero attached hydrogens (tertiary/aromatic N) is 1. The van der Waals surface area contributed by atoms with Gasteiger partial charge in [0.15, 0.2) is 9.84 Å². The third-order valence-corrected chi connectivity index (χ3v) is 5.10. The van der Waals surface area contributed by atoms with Crippen molar-refractivity contribution < 1.29 is 27.9 Å². The highest BCUT2D eigenvalue weighted by Gasteiger charge is 2.33. The first kappa shape index (κ1) is 17.2. The number of carboxylic acid groups (broad SMARTS) is 1. The molecule has 21 heavy (non-hydrogen) atoms. The average molecular weight is 321 g/mol. The molecular weight excluding hydrogens is 302 g/mol. The van der Waals surface area contributed by atoms with Crippen LogP contribution in [0.3, 0.4) is 0 Å². The highest BCUT2D eigenvalue weighted by molar-refractivity contribution is 7.91. The number of carboxylic acids is 1. The first-order chi connectivity index (χ1) is 9.62. The number of nitrogens with two attached hydrogens (primary N) is 1. The molecule has 0 aromatic carbocycles. The number of hydrogen-bond donors (Lipinski definition) is 3. The van der Waals surface area contributed by atoms with Gasteiger partial charge in [-0.2, -0.15) is 0 Å². The smallest absolute Gasteiger partial charge is 0.326 e. The molecule has 4 N–H and O–H groups in total. The van der Waals surface area contributed by atoms with Gasteiger partial charge in [0.2, 0.25) is 5.91 Å². The monoisotopic (exact) mass is 321 g/mol. The number of carbonyl (C=O) groups excluding carboxylic acids is 2. The van der Waals surface area contributed by atoms with Crippen molar-refractivity contribution in [3.63, 3.8) is 0 Å². The van der Waals surface area contributed by atoms with Crippen molar-refractivity contribution in [1.82, 2.24) is 10.2 Å². The number of rotatable bonds is 6. The van der Waals surface area contributed by atoms with E-state index in [1.165, 1.54) is 11.9 Å². The largest absolute Gasteiger partial charge is 0.480 e. The number of primary amides is 1. The van der Waals surface area contributed by atoms with Crippen LogP contribution >= 0.6 is 0 Å². The van der Waals surface area contributed by atoms with Crippen LogP contribution in [0.1, 0.15) is 19.3 Å². The molecule has 1 saturated heterocycles. The predicted molar refractivity (Wildman–Crippen MR) is 73.2 cm³/mol. The van der Waals surface area contributed by atoms with Crippen LogP contribution in [0.2, 0.25) is 0 Å². The van der Waals surface area contributed by atoms with E-state index in [1.54, 1.807) is 0 Å². The van der Waals surface area contributed by atoms with Gasteiger partial charge >= 0.3 is 12.0 Å². The van der Waals surface area contributed by atoms with Crippen LogP contribution in [-0.2, 0) is 19.4 Å². The molecule has 1 aliphatic rings. The Kier molecular flexibility index (Phi) is 5.53. The Hall–Kier alpha value is -1.84. The molecule has 2 atom stereocenters. The maximum atomic E-state index is 11.9. The maximum Gasteiger partial charge on any atom is 0.326 e. The molecule has 3 amide bonds. The van der Waals surface area contributed by atoms with Crippen LogP contribution in [0.15, 0.2) is 0 Å². The lowest BCUT2D eigenvalue weighted by molar-refractivity contribution is -0.139. The standard InChI is InChI=1S/C11H19N3O6S/c1-14(7-4-5-21(19,20)6-7)11(18)13-8(10(16)17)2-3-9(12)15/h7-8H,2-6H2,1H3,(H2,12,15)(H,13,18)(H,16,17)/t7?,8-/m0/s1. The van der Waals surface area contributed by atoms with E-state index >= 15 is 0 Å². The fourth-order valence-corrected chi connectivity index (χ4v) is 3.82. The molecule has 0 spiro atoms. The summed E-state index contributed by atoms with van der Waals surface area (Å²) in [7, 11) is -1.73. The van der Waals surface area contributed by atoms with Crippen molar-refractivity contribution in [2.24, 2.45) is 5.73 Å². The van der Waals surface area contributed by atoms with Crippen LogP contribution in [0, 0.1) is 0 Å². The van der Waals surface area contributed by atoms with Gasteiger partial charge < -0.3 is 21.1 Å². The van der Waals surface area contributed by atoms with Crippen LogP contribution in [0.4, 0.5) is 4.79 Å². The molecule has 1 fully saturated rings. The highest BCUT2D eigenvalue weighted by atomic mass is 32.2. The molecule has 0 saturated carbocycles. The Morgan fingerprint density at radius 2 is 2.05 bits per heavy atom. The Bertz CT molecular complexity index is 532. The van der Waals surface area contributed by atoms with Crippen molar-refractivity contribution in [3.8, 4) is 0 Å². The quantitative estimate of drug-likeness (QED) is 0.544. The fraction of sp³-hybridized carbons (Fsp3) is 0.727. The summed E-state index contributed by atoms with van der Waals surface area (Å²) in [6.45, 7) is 0. The van der Waals surface area contributed by atoms with Gasteiger partial charge in [-0.05, 0) is 12.8 Å². The normalized spacial score (nSPS) is 21.5. The van der Waals surface area contributed by atoms with Crippen molar-refractivity contribution >= 4 is 27.7 Å². The van der Waals surface area contributed by atoms with Gasteiger partial charge in [0, 0.05) is 19.5 Å². The number of sulfone groups is 1. The second kappa shape index (κ2) is 6.74. The van der Waals surface area contributed by atoms with E-state index in [1.807, 2.05) is 0 Å². The topological polar surface area (TPSA) is 147 Å². The van der Waals surface area contributed by atoms with Gasteiger partial charge in [-0.1, -0.05) is 0 Å². The zero-order valence-corrected chi connectivity index (χ0v) is 12.4. The van der Waals surface area contributed by atoms with Crippen molar-refractivity contribution in [1.29, 1.82) is 0 Å². The van der Waals surface area contributed by atoms with Gasteiger partial charge in [-0.15, -0.1) is 0 Å². The number of nitrogens with one attached hydrogen (secondary N) is 1. The predicted octanol–water partition coefficient (Wildman–Crippen LogP) is -1.47. The van der Waals surface area contributed by atoms with Gasteiger partial charge in [-0.3, -0.25) is 4.79 Å². The second-order valence-electron chi connectivity index (χ2n) is 5.01. The second-order valence-corrected chi connectivity index (χ2v) is 7.24. The molecule has 1 heterocycles. The minimum Gasteiger partial charge on any atom is -0.480 e. The van der Waals surface area contributed by atoms with E-state index in [2.05, 4.69) is 5.32 Å². The van der Waals surface area contributed by atoms with Crippen molar-refractivity contribution in [3.05, 3.63) is 0 Å². The molecule has 0 bridgehead atoms. The SMILES string of the molecule is CN(C(=O)N[C@@H](CCC(N)=O)C(=O)O)C1CCS(=O)(=O)C1. The Morgan fingerprint density at radius 1 is 1.43 bits per heavy atom. The maximum absolute atomic E-state index is 11.9. The average Bonchev–Trinajstić information content (AvgIpc) is 2.73. The summed E-state index contributed by atoms with van der Waals surface area (Å²) in [5.41, 5.74) is 4.94. The van der Waals surface area contributed by atoms with E-state index in [-0.39, 0.29) is 24.3 Å². The number of amides is 3. The summed E-state index contributed by atoms with van der Waals surface area (Å²) < 4.78 is 22.7. The third-order valence-electron chi connectivity index (χ3n) is 3.35. The van der Waals surface area contributed by atoms with E-state index in [0.29, 0.717) is 6.42 Å². The molecule has 1 aliphatic heterocycles. The Labute approximate surface area is 122 Å².